The summed E-state index contributed by atoms with van der Waals surface area (Å²) in [4.78, 5) is 0. The van der Waals surface area contributed by atoms with Crippen molar-refractivity contribution in [2.24, 2.45) is 11.3 Å². The van der Waals surface area contributed by atoms with Crippen LogP contribution < -0.4 is 0 Å². The van der Waals surface area contributed by atoms with E-state index in [1.54, 1.807) is 0 Å². The van der Waals surface area contributed by atoms with Gasteiger partial charge in [-0.15, -0.1) is 0 Å². The van der Waals surface area contributed by atoms with Crippen molar-refractivity contribution in [2.45, 2.75) is 47.0 Å². The van der Waals surface area contributed by atoms with E-state index < -0.39 is 0 Å². The van der Waals surface area contributed by atoms with E-state index in [-0.39, 0.29) is 0 Å². The third kappa shape index (κ3) is 3.59. The molecule has 0 N–H and O–H groups in total. The van der Waals surface area contributed by atoms with Crippen LogP contribution in [0.25, 0.3) is 10.8 Å². The first-order valence-electron chi connectivity index (χ1n) is 7.35. The second kappa shape index (κ2) is 5.36. The van der Waals surface area contributed by atoms with Crippen molar-refractivity contribution in [1.82, 2.24) is 0 Å². The first-order valence-corrected chi connectivity index (χ1v) is 7.35. The highest BCUT2D eigenvalue weighted by Gasteiger charge is 2.23. The third-order valence-corrected chi connectivity index (χ3v) is 3.84. The summed E-state index contributed by atoms with van der Waals surface area (Å²) in [6.07, 6.45) is 1.24. The highest BCUT2D eigenvalue weighted by molar-refractivity contribution is 5.83. The van der Waals surface area contributed by atoms with Crippen molar-refractivity contribution >= 4 is 10.8 Å². The maximum atomic E-state index is 2.38. The average molecular weight is 254 g/mol. The van der Waals surface area contributed by atoms with Crippen molar-refractivity contribution in [3.63, 3.8) is 0 Å². The lowest BCUT2D eigenvalue weighted by Gasteiger charge is -2.29. The predicted octanol–water partition coefficient (Wildman–Crippen LogP) is 6.02. The molecule has 0 aliphatic rings. The number of fused-ring (bicyclic) bond motifs is 1. The fourth-order valence-electron chi connectivity index (χ4n) is 2.84. The highest BCUT2D eigenvalue weighted by Crippen LogP contribution is 2.37. The highest BCUT2D eigenvalue weighted by atomic mass is 14.3. The molecule has 0 bridgehead atoms. The van der Waals surface area contributed by atoms with Gasteiger partial charge in [0.1, 0.15) is 0 Å². The second-order valence-electron chi connectivity index (χ2n) is 7.22. The van der Waals surface area contributed by atoms with Gasteiger partial charge >= 0.3 is 0 Å². The molecule has 102 valence electrons. The van der Waals surface area contributed by atoms with E-state index in [0.717, 1.165) is 0 Å². The lowest BCUT2D eigenvalue weighted by molar-refractivity contribution is 0.301. The van der Waals surface area contributed by atoms with Crippen molar-refractivity contribution in [3.05, 3.63) is 48.0 Å². The maximum absolute atomic E-state index is 2.38. The minimum absolute atomic E-state index is 0.376. The molecule has 0 saturated heterocycles. The zero-order valence-corrected chi connectivity index (χ0v) is 12.9. The van der Waals surface area contributed by atoms with Crippen LogP contribution in [-0.2, 0) is 0 Å². The number of hydrogen-bond acceptors (Lipinski definition) is 0. The lowest BCUT2D eigenvalue weighted by Crippen LogP contribution is -2.16. The van der Waals surface area contributed by atoms with Gasteiger partial charge in [0.25, 0.3) is 0 Å². The van der Waals surface area contributed by atoms with Crippen molar-refractivity contribution in [2.75, 3.05) is 0 Å². The maximum Gasteiger partial charge on any atom is -0.0134 e. The van der Waals surface area contributed by atoms with Gasteiger partial charge < -0.3 is 0 Å². The Morgan fingerprint density at radius 3 is 2.11 bits per heavy atom. The molecule has 0 heteroatoms. The molecule has 2 aromatic carbocycles. The Morgan fingerprint density at radius 1 is 0.895 bits per heavy atom. The van der Waals surface area contributed by atoms with Crippen LogP contribution in [0.5, 0.6) is 0 Å². The van der Waals surface area contributed by atoms with E-state index >= 15 is 0 Å². The Kier molecular flexibility index (Phi) is 3.99. The van der Waals surface area contributed by atoms with Gasteiger partial charge in [0.15, 0.2) is 0 Å². The molecule has 2 aromatic rings. The first-order chi connectivity index (χ1) is 8.87. The van der Waals surface area contributed by atoms with Crippen LogP contribution in [-0.4, -0.2) is 0 Å². The minimum atomic E-state index is 0.376. The Hall–Kier alpha value is -1.30. The Bertz CT molecular complexity index is 543. The van der Waals surface area contributed by atoms with Crippen LogP contribution in [0.3, 0.4) is 0 Å². The van der Waals surface area contributed by atoms with E-state index in [2.05, 4.69) is 77.1 Å². The fourth-order valence-corrected chi connectivity index (χ4v) is 2.84. The smallest absolute Gasteiger partial charge is 0.0134 e. The summed E-state index contributed by atoms with van der Waals surface area (Å²) < 4.78 is 0. The molecule has 0 spiro atoms. The molecule has 2 rings (SSSR count). The third-order valence-electron chi connectivity index (χ3n) is 3.84. The molecule has 0 aliphatic heterocycles. The average Bonchev–Trinajstić information content (AvgIpc) is 2.34. The SMILES string of the molecule is CC(C)C(CC(C)(C)C)c1ccc2ccccc2c1. The first kappa shape index (κ1) is 14.1. The van der Waals surface area contributed by atoms with Crippen molar-refractivity contribution in [1.29, 1.82) is 0 Å². The van der Waals surface area contributed by atoms with Gasteiger partial charge in [-0.1, -0.05) is 77.1 Å². The van der Waals surface area contributed by atoms with Gasteiger partial charge in [-0.25, -0.2) is 0 Å². The summed E-state index contributed by atoms with van der Waals surface area (Å²) in [5.41, 5.74) is 1.87. The minimum Gasteiger partial charge on any atom is -0.0622 e. The second-order valence-corrected chi connectivity index (χ2v) is 7.22. The Morgan fingerprint density at radius 2 is 1.53 bits per heavy atom. The molecule has 0 aromatic heterocycles. The van der Waals surface area contributed by atoms with E-state index in [0.29, 0.717) is 17.3 Å². The predicted molar refractivity (Wildman–Crippen MR) is 85.6 cm³/mol. The zero-order chi connectivity index (χ0) is 14.0. The molecule has 0 fully saturated rings. The van der Waals surface area contributed by atoms with E-state index in [9.17, 15) is 0 Å². The largest absolute Gasteiger partial charge is 0.0622 e. The van der Waals surface area contributed by atoms with Crippen LogP contribution in [0.4, 0.5) is 0 Å². The van der Waals surface area contributed by atoms with Crippen LogP contribution >= 0.6 is 0 Å². The van der Waals surface area contributed by atoms with Crippen molar-refractivity contribution < 1.29 is 0 Å². The molecule has 0 saturated carbocycles. The number of rotatable bonds is 3. The van der Waals surface area contributed by atoms with E-state index in [1.807, 2.05) is 0 Å². The summed E-state index contributed by atoms with van der Waals surface area (Å²) in [6, 6.07) is 15.6. The van der Waals surface area contributed by atoms with Crippen LogP contribution in [0.1, 0.15) is 52.5 Å². The van der Waals surface area contributed by atoms with Crippen molar-refractivity contribution in [3.8, 4) is 0 Å². The molecular weight excluding hydrogens is 228 g/mol. The lowest BCUT2D eigenvalue weighted by atomic mass is 9.76. The Labute approximate surface area is 117 Å². The normalized spacial score (nSPS) is 14.0. The zero-order valence-electron chi connectivity index (χ0n) is 12.9. The fraction of sp³-hybridized carbons (Fsp3) is 0.474. The van der Waals surface area contributed by atoms with Crippen LogP contribution in [0.15, 0.2) is 42.5 Å². The molecule has 0 amide bonds. The van der Waals surface area contributed by atoms with Gasteiger partial charge in [0.05, 0.1) is 0 Å². The molecule has 0 aliphatic carbocycles. The number of benzene rings is 2. The molecule has 1 atom stereocenters. The van der Waals surface area contributed by atoms with Gasteiger partial charge in [-0.2, -0.15) is 0 Å². The number of hydrogen-bond donors (Lipinski definition) is 0. The quantitative estimate of drug-likeness (QED) is 0.628. The molecule has 0 nitrogen and oxygen atoms in total. The summed E-state index contributed by atoms with van der Waals surface area (Å²) in [7, 11) is 0. The summed E-state index contributed by atoms with van der Waals surface area (Å²) >= 11 is 0. The standard InChI is InChI=1S/C19H26/c1-14(2)18(13-19(3,4)5)17-11-10-15-8-6-7-9-16(15)12-17/h6-12,14,18H,13H2,1-5H3. The molecule has 0 heterocycles. The van der Waals surface area contributed by atoms with Gasteiger partial charge in [0.2, 0.25) is 0 Å². The summed E-state index contributed by atoms with van der Waals surface area (Å²) in [5, 5.41) is 2.70. The van der Waals surface area contributed by atoms with E-state index in [1.165, 1.54) is 22.8 Å². The molecular formula is C19H26. The topological polar surface area (TPSA) is 0 Å². The monoisotopic (exact) mass is 254 g/mol. The molecule has 19 heavy (non-hydrogen) atoms. The van der Waals surface area contributed by atoms with E-state index in [4.69, 9.17) is 0 Å². The van der Waals surface area contributed by atoms with Crippen LogP contribution in [0, 0.1) is 11.3 Å². The van der Waals surface area contributed by atoms with Gasteiger partial charge in [0, 0.05) is 0 Å². The Balaban J connectivity index is 2.39. The molecule has 1 unspecified atom stereocenters. The van der Waals surface area contributed by atoms with Gasteiger partial charge in [-0.05, 0) is 40.0 Å². The summed E-state index contributed by atoms with van der Waals surface area (Å²) in [5.74, 6) is 1.32. The van der Waals surface area contributed by atoms with Crippen LogP contribution in [0.2, 0.25) is 0 Å². The van der Waals surface area contributed by atoms with Gasteiger partial charge in [-0.3, -0.25) is 0 Å². The summed E-state index contributed by atoms with van der Waals surface area (Å²) in [6.45, 7) is 11.7. The molecule has 0 radical (unpaired) electrons.